The minimum absolute atomic E-state index is 0.137. The summed E-state index contributed by atoms with van der Waals surface area (Å²) in [5.74, 6) is -1.11. The third-order valence-corrected chi connectivity index (χ3v) is 4.30. The van der Waals surface area contributed by atoms with E-state index in [-0.39, 0.29) is 23.2 Å². The largest absolute Gasteiger partial charge is 0.457 e. The summed E-state index contributed by atoms with van der Waals surface area (Å²) in [5.41, 5.74) is 1.25. The normalized spacial score (nSPS) is 12.3. The molecule has 0 saturated heterocycles. The van der Waals surface area contributed by atoms with E-state index < -0.39 is 17.8 Å². The van der Waals surface area contributed by atoms with Crippen molar-refractivity contribution in [2.45, 2.75) is 6.42 Å². The zero-order chi connectivity index (χ0) is 21.1. The number of imide groups is 1. The molecule has 30 heavy (non-hydrogen) atoms. The lowest BCUT2D eigenvalue weighted by molar-refractivity contribution is -0.167. The molecular weight excluding hydrogens is 386 g/mol. The Hall–Kier alpha value is -4.51. The van der Waals surface area contributed by atoms with Crippen LogP contribution in [0.2, 0.25) is 0 Å². The molecule has 0 saturated carbocycles. The number of carbonyl (C=O) groups is 3. The van der Waals surface area contributed by atoms with E-state index in [1.807, 2.05) is 6.07 Å². The molecule has 2 heterocycles. The second-order valence-corrected chi connectivity index (χ2v) is 6.32. The van der Waals surface area contributed by atoms with Crippen molar-refractivity contribution in [1.82, 2.24) is 10.0 Å². The van der Waals surface area contributed by atoms with E-state index in [2.05, 4.69) is 4.98 Å². The molecule has 0 aliphatic carbocycles. The molecule has 0 spiro atoms. The molecule has 4 rings (SSSR count). The van der Waals surface area contributed by atoms with Gasteiger partial charge >= 0.3 is 5.97 Å². The lowest BCUT2D eigenvalue weighted by atomic mass is 10.1. The van der Waals surface area contributed by atoms with Crippen LogP contribution in [0, 0.1) is 11.3 Å². The highest BCUT2D eigenvalue weighted by molar-refractivity contribution is 6.20. The lowest BCUT2D eigenvalue weighted by Gasteiger charge is -2.13. The molecule has 0 N–H and O–H groups in total. The molecule has 0 unspecified atom stereocenters. The van der Waals surface area contributed by atoms with Crippen LogP contribution in [0.5, 0.6) is 11.5 Å². The van der Waals surface area contributed by atoms with Crippen molar-refractivity contribution in [3.8, 4) is 17.6 Å². The van der Waals surface area contributed by atoms with Crippen LogP contribution in [0.25, 0.3) is 0 Å². The zero-order valence-electron chi connectivity index (χ0n) is 15.4. The molecule has 8 nitrogen and oxygen atoms in total. The van der Waals surface area contributed by atoms with Gasteiger partial charge < -0.3 is 9.57 Å². The first-order valence-corrected chi connectivity index (χ1v) is 8.87. The first kappa shape index (κ1) is 18.8. The van der Waals surface area contributed by atoms with Crippen LogP contribution < -0.4 is 4.74 Å². The molecular formula is C22H13N3O5. The number of carbonyl (C=O) groups excluding carboxylic acids is 3. The van der Waals surface area contributed by atoms with E-state index in [1.54, 1.807) is 42.5 Å². The fourth-order valence-electron chi connectivity index (χ4n) is 2.90. The van der Waals surface area contributed by atoms with Crippen molar-refractivity contribution >= 4 is 17.8 Å². The molecule has 0 fully saturated rings. The number of benzene rings is 2. The Morgan fingerprint density at radius 3 is 2.27 bits per heavy atom. The maximum Gasteiger partial charge on any atom is 0.337 e. The van der Waals surface area contributed by atoms with Gasteiger partial charge in [0.15, 0.2) is 0 Å². The summed E-state index contributed by atoms with van der Waals surface area (Å²) in [6, 6.07) is 17.9. The number of nitriles is 1. The average Bonchev–Trinajstić information content (AvgIpc) is 3.00. The summed E-state index contributed by atoms with van der Waals surface area (Å²) in [6.45, 7) is 0. The SMILES string of the molecule is N#Cc1cc(Oc2ccc(CC(=O)ON3C(=O)c4ccccc4C3=O)cc2)ccn1. The van der Waals surface area contributed by atoms with Gasteiger partial charge in [0.25, 0.3) is 11.8 Å². The number of hydrogen-bond donors (Lipinski definition) is 0. The lowest BCUT2D eigenvalue weighted by Crippen LogP contribution is -2.33. The second-order valence-electron chi connectivity index (χ2n) is 6.32. The fraction of sp³-hybridized carbons (Fsp3) is 0.0455. The summed E-state index contributed by atoms with van der Waals surface area (Å²) < 4.78 is 5.65. The maximum absolute atomic E-state index is 12.2. The molecule has 2 amide bonds. The van der Waals surface area contributed by atoms with Crippen LogP contribution in [0.4, 0.5) is 0 Å². The molecule has 1 aliphatic rings. The second kappa shape index (κ2) is 7.85. The van der Waals surface area contributed by atoms with Gasteiger partial charge in [-0.15, -0.1) is 0 Å². The van der Waals surface area contributed by atoms with Gasteiger partial charge in [0.05, 0.1) is 17.5 Å². The average molecular weight is 399 g/mol. The van der Waals surface area contributed by atoms with Crippen LogP contribution in [0.15, 0.2) is 66.9 Å². The molecule has 1 aromatic heterocycles. The summed E-state index contributed by atoms with van der Waals surface area (Å²) in [4.78, 5) is 45.6. The number of nitrogens with zero attached hydrogens (tertiary/aromatic N) is 3. The van der Waals surface area contributed by atoms with E-state index in [9.17, 15) is 14.4 Å². The number of pyridine rings is 1. The number of hydrogen-bond acceptors (Lipinski definition) is 7. The highest BCUT2D eigenvalue weighted by atomic mass is 16.7. The molecule has 0 bridgehead atoms. The van der Waals surface area contributed by atoms with Gasteiger partial charge in [0, 0.05) is 12.3 Å². The standard InChI is InChI=1S/C22H13N3O5/c23-13-15-12-17(9-10-24-15)29-16-7-5-14(6-8-16)11-20(26)30-25-21(27)18-3-1-2-4-19(18)22(25)28/h1-10,12H,11H2. The van der Waals surface area contributed by atoms with Gasteiger partial charge in [-0.1, -0.05) is 29.3 Å². The van der Waals surface area contributed by atoms with E-state index in [4.69, 9.17) is 14.8 Å². The van der Waals surface area contributed by atoms with E-state index in [0.29, 0.717) is 22.1 Å². The van der Waals surface area contributed by atoms with E-state index >= 15 is 0 Å². The number of fused-ring (bicyclic) bond motifs is 1. The monoisotopic (exact) mass is 399 g/mol. The van der Waals surface area contributed by atoms with Crippen LogP contribution in [-0.2, 0) is 16.1 Å². The van der Waals surface area contributed by atoms with Crippen LogP contribution in [0.1, 0.15) is 32.0 Å². The molecule has 8 heteroatoms. The van der Waals surface area contributed by atoms with E-state index in [0.717, 1.165) is 0 Å². The number of aromatic nitrogens is 1. The van der Waals surface area contributed by atoms with Crippen molar-refractivity contribution in [1.29, 1.82) is 5.26 Å². The Kier molecular flexibility index (Phi) is 4.93. The van der Waals surface area contributed by atoms with Gasteiger partial charge in [-0.25, -0.2) is 9.78 Å². The third-order valence-electron chi connectivity index (χ3n) is 4.30. The number of ether oxygens (including phenoxy) is 1. The molecule has 3 aromatic rings. The molecule has 0 atom stereocenters. The van der Waals surface area contributed by atoms with Gasteiger partial charge in [0.1, 0.15) is 23.3 Å². The third kappa shape index (κ3) is 3.72. The van der Waals surface area contributed by atoms with Crippen molar-refractivity contribution in [3.05, 3.63) is 89.2 Å². The number of amides is 2. The first-order chi connectivity index (χ1) is 14.5. The van der Waals surface area contributed by atoms with Crippen molar-refractivity contribution < 1.29 is 24.0 Å². The molecule has 146 valence electrons. The van der Waals surface area contributed by atoms with Crippen molar-refractivity contribution in [2.75, 3.05) is 0 Å². The summed E-state index contributed by atoms with van der Waals surface area (Å²) in [7, 11) is 0. The molecule has 0 radical (unpaired) electrons. The Bertz CT molecular complexity index is 1160. The van der Waals surface area contributed by atoms with Crippen LogP contribution in [-0.4, -0.2) is 27.8 Å². The highest BCUT2D eigenvalue weighted by Gasteiger charge is 2.38. The summed E-state index contributed by atoms with van der Waals surface area (Å²) in [6.07, 6.45) is 1.33. The maximum atomic E-state index is 12.2. The minimum atomic E-state index is -0.744. The summed E-state index contributed by atoms with van der Waals surface area (Å²) >= 11 is 0. The Morgan fingerprint density at radius 2 is 1.63 bits per heavy atom. The molecule has 1 aliphatic heterocycles. The van der Waals surface area contributed by atoms with Gasteiger partial charge in [-0.3, -0.25) is 9.59 Å². The van der Waals surface area contributed by atoms with Gasteiger partial charge in [0.2, 0.25) is 0 Å². The number of rotatable bonds is 5. The minimum Gasteiger partial charge on any atom is -0.457 e. The van der Waals surface area contributed by atoms with E-state index in [1.165, 1.54) is 24.4 Å². The zero-order valence-corrected chi connectivity index (χ0v) is 15.4. The fourth-order valence-corrected chi connectivity index (χ4v) is 2.90. The predicted octanol–water partition coefficient (Wildman–Crippen LogP) is 3.04. The predicted molar refractivity (Wildman–Crippen MR) is 102 cm³/mol. The van der Waals surface area contributed by atoms with Crippen LogP contribution >= 0.6 is 0 Å². The summed E-state index contributed by atoms with van der Waals surface area (Å²) in [5, 5.41) is 9.36. The number of hydroxylamine groups is 2. The topological polar surface area (TPSA) is 110 Å². The Balaban J connectivity index is 1.38. The van der Waals surface area contributed by atoms with Crippen molar-refractivity contribution in [3.63, 3.8) is 0 Å². The smallest absolute Gasteiger partial charge is 0.337 e. The molecule has 2 aromatic carbocycles. The Morgan fingerprint density at radius 1 is 0.967 bits per heavy atom. The quantitative estimate of drug-likeness (QED) is 0.607. The van der Waals surface area contributed by atoms with Gasteiger partial charge in [-0.05, 0) is 35.9 Å². The van der Waals surface area contributed by atoms with Crippen LogP contribution in [0.3, 0.4) is 0 Å². The first-order valence-electron chi connectivity index (χ1n) is 8.87. The highest BCUT2D eigenvalue weighted by Crippen LogP contribution is 2.24. The van der Waals surface area contributed by atoms with Crippen molar-refractivity contribution in [2.24, 2.45) is 0 Å². The Labute approximate surface area is 170 Å². The van der Waals surface area contributed by atoms with Gasteiger partial charge in [-0.2, -0.15) is 5.26 Å².